The number of carbonyl (C=O) groups excluding carboxylic acids is 1. The fraction of sp³-hybridized carbons (Fsp3) is 0.105. The Bertz CT molecular complexity index is 855. The summed E-state index contributed by atoms with van der Waals surface area (Å²) < 4.78 is 5.72. The second-order valence-electron chi connectivity index (χ2n) is 5.48. The molecule has 3 aromatic rings. The summed E-state index contributed by atoms with van der Waals surface area (Å²) in [6, 6.07) is 19.1. The number of aromatic nitrogens is 2. The Kier molecular flexibility index (Phi) is 5.21. The lowest BCUT2D eigenvalue weighted by Gasteiger charge is -2.06. The van der Waals surface area contributed by atoms with Crippen molar-refractivity contribution in [2.24, 2.45) is 5.10 Å². The summed E-state index contributed by atoms with van der Waals surface area (Å²) in [5, 5.41) is 10.5. The zero-order valence-corrected chi connectivity index (χ0v) is 13.8. The van der Waals surface area contributed by atoms with E-state index in [0.717, 1.165) is 22.6 Å². The molecule has 3 rings (SSSR count). The number of nitrogens with one attached hydrogen (secondary N) is 2. The highest BCUT2D eigenvalue weighted by molar-refractivity contribution is 5.93. The summed E-state index contributed by atoms with van der Waals surface area (Å²) in [6.45, 7) is 2.35. The van der Waals surface area contributed by atoms with E-state index in [4.69, 9.17) is 4.74 Å². The minimum Gasteiger partial charge on any atom is -0.489 e. The number of nitrogens with zero attached hydrogens (tertiary/aromatic N) is 2. The smallest absolute Gasteiger partial charge is 0.291 e. The molecule has 0 fully saturated rings. The average Bonchev–Trinajstić information content (AvgIpc) is 3.08. The zero-order chi connectivity index (χ0) is 17.5. The standard InChI is InChI=1S/C19H18N4O2/c1-14-11-18(22-21-14)19(24)23-20-12-15-7-9-17(10-8-15)25-13-16-5-3-2-4-6-16/h2-12H,13H2,1H3,(H,21,22)(H,23,24)/b20-12-. The van der Waals surface area contributed by atoms with Crippen LogP contribution in [0, 0.1) is 6.92 Å². The molecule has 126 valence electrons. The van der Waals surface area contributed by atoms with Crippen LogP contribution >= 0.6 is 0 Å². The van der Waals surface area contributed by atoms with Crippen LogP contribution in [-0.4, -0.2) is 22.3 Å². The number of hydrogen-bond donors (Lipinski definition) is 2. The Morgan fingerprint density at radius 2 is 1.96 bits per heavy atom. The largest absolute Gasteiger partial charge is 0.489 e. The predicted octanol–water partition coefficient (Wildman–Crippen LogP) is 3.06. The van der Waals surface area contributed by atoms with Crippen molar-refractivity contribution < 1.29 is 9.53 Å². The van der Waals surface area contributed by atoms with Gasteiger partial charge >= 0.3 is 0 Å². The first-order chi connectivity index (χ1) is 12.2. The molecule has 0 atom stereocenters. The number of aryl methyl sites for hydroxylation is 1. The molecule has 1 aromatic heterocycles. The molecule has 0 bridgehead atoms. The summed E-state index contributed by atoms with van der Waals surface area (Å²) in [5.74, 6) is 0.417. The molecule has 1 heterocycles. The normalized spacial score (nSPS) is 10.8. The average molecular weight is 334 g/mol. The molecule has 1 amide bonds. The summed E-state index contributed by atoms with van der Waals surface area (Å²) in [7, 11) is 0. The fourth-order valence-electron chi connectivity index (χ4n) is 2.15. The number of hydrazone groups is 1. The van der Waals surface area contributed by atoms with Crippen molar-refractivity contribution in [3.05, 3.63) is 83.2 Å². The predicted molar refractivity (Wildman–Crippen MR) is 95.6 cm³/mol. The van der Waals surface area contributed by atoms with Gasteiger partial charge in [-0.25, -0.2) is 5.43 Å². The van der Waals surface area contributed by atoms with Gasteiger partial charge in [-0.1, -0.05) is 30.3 Å². The van der Waals surface area contributed by atoms with Crippen LogP contribution in [0.5, 0.6) is 5.75 Å². The van der Waals surface area contributed by atoms with Gasteiger partial charge in [-0.3, -0.25) is 9.89 Å². The first kappa shape index (κ1) is 16.4. The number of benzene rings is 2. The molecule has 0 aliphatic heterocycles. The van der Waals surface area contributed by atoms with E-state index in [1.54, 1.807) is 12.3 Å². The maximum atomic E-state index is 11.8. The van der Waals surface area contributed by atoms with Crippen molar-refractivity contribution in [2.45, 2.75) is 13.5 Å². The Hall–Kier alpha value is -3.41. The van der Waals surface area contributed by atoms with Crippen molar-refractivity contribution in [3.8, 4) is 5.75 Å². The van der Waals surface area contributed by atoms with E-state index in [2.05, 4.69) is 20.7 Å². The first-order valence-corrected chi connectivity index (χ1v) is 7.83. The van der Waals surface area contributed by atoms with Gasteiger partial charge in [-0.05, 0) is 48.4 Å². The topological polar surface area (TPSA) is 79.4 Å². The lowest BCUT2D eigenvalue weighted by Crippen LogP contribution is -2.17. The van der Waals surface area contributed by atoms with Gasteiger partial charge in [0.2, 0.25) is 0 Å². The highest BCUT2D eigenvalue weighted by Crippen LogP contribution is 2.13. The molecule has 0 saturated heterocycles. The summed E-state index contributed by atoms with van der Waals surface area (Å²) in [6.07, 6.45) is 1.57. The highest BCUT2D eigenvalue weighted by atomic mass is 16.5. The van der Waals surface area contributed by atoms with Gasteiger partial charge in [-0.2, -0.15) is 10.2 Å². The number of carbonyl (C=O) groups is 1. The van der Waals surface area contributed by atoms with Gasteiger partial charge in [0.15, 0.2) is 5.69 Å². The van der Waals surface area contributed by atoms with Gasteiger partial charge < -0.3 is 4.74 Å². The van der Waals surface area contributed by atoms with Gasteiger partial charge in [0, 0.05) is 5.69 Å². The third kappa shape index (κ3) is 4.78. The van der Waals surface area contributed by atoms with E-state index in [0.29, 0.717) is 12.3 Å². The van der Waals surface area contributed by atoms with Crippen molar-refractivity contribution in [1.29, 1.82) is 0 Å². The lowest BCUT2D eigenvalue weighted by molar-refractivity contribution is 0.0950. The van der Waals surface area contributed by atoms with E-state index in [1.165, 1.54) is 0 Å². The SMILES string of the molecule is Cc1cc(C(=O)N/N=C\c2ccc(OCc3ccccc3)cc2)n[nH]1. The molecule has 2 N–H and O–H groups in total. The van der Waals surface area contributed by atoms with Crippen molar-refractivity contribution in [3.63, 3.8) is 0 Å². The monoisotopic (exact) mass is 334 g/mol. The second-order valence-corrected chi connectivity index (χ2v) is 5.48. The lowest BCUT2D eigenvalue weighted by atomic mass is 10.2. The minimum absolute atomic E-state index is 0.305. The van der Waals surface area contributed by atoms with Crippen LogP contribution in [0.4, 0.5) is 0 Å². The number of aromatic amines is 1. The van der Waals surface area contributed by atoms with Gasteiger partial charge in [0.1, 0.15) is 12.4 Å². The molecular formula is C19H18N4O2. The molecule has 0 radical (unpaired) electrons. The van der Waals surface area contributed by atoms with E-state index in [1.807, 2.05) is 61.5 Å². The molecule has 0 unspecified atom stereocenters. The third-order valence-electron chi connectivity index (χ3n) is 3.45. The number of ether oxygens (including phenoxy) is 1. The molecule has 6 heteroatoms. The first-order valence-electron chi connectivity index (χ1n) is 7.83. The van der Waals surface area contributed by atoms with Gasteiger partial charge in [0.25, 0.3) is 5.91 Å². The van der Waals surface area contributed by atoms with Crippen LogP contribution in [0.25, 0.3) is 0 Å². The Labute approximate surface area is 145 Å². The van der Waals surface area contributed by atoms with E-state index in [-0.39, 0.29) is 5.91 Å². The Balaban J connectivity index is 1.51. The van der Waals surface area contributed by atoms with Crippen LogP contribution in [0.15, 0.2) is 65.8 Å². The summed E-state index contributed by atoms with van der Waals surface area (Å²) >= 11 is 0. The van der Waals surface area contributed by atoms with Crippen molar-refractivity contribution in [1.82, 2.24) is 15.6 Å². The van der Waals surface area contributed by atoms with Crippen LogP contribution < -0.4 is 10.2 Å². The molecule has 6 nitrogen and oxygen atoms in total. The molecular weight excluding hydrogens is 316 g/mol. The van der Waals surface area contributed by atoms with E-state index in [9.17, 15) is 4.79 Å². The fourth-order valence-corrected chi connectivity index (χ4v) is 2.15. The van der Waals surface area contributed by atoms with Crippen LogP contribution in [-0.2, 0) is 6.61 Å². The second kappa shape index (κ2) is 7.92. The maximum absolute atomic E-state index is 11.8. The minimum atomic E-state index is -0.358. The van der Waals surface area contributed by atoms with Gasteiger partial charge in [-0.15, -0.1) is 0 Å². The zero-order valence-electron chi connectivity index (χ0n) is 13.8. The van der Waals surface area contributed by atoms with Gasteiger partial charge in [0.05, 0.1) is 6.21 Å². The molecule has 2 aromatic carbocycles. The van der Waals surface area contributed by atoms with E-state index < -0.39 is 0 Å². The van der Waals surface area contributed by atoms with Crippen molar-refractivity contribution >= 4 is 12.1 Å². The third-order valence-corrected chi connectivity index (χ3v) is 3.45. The van der Waals surface area contributed by atoms with E-state index >= 15 is 0 Å². The molecule has 0 aliphatic carbocycles. The maximum Gasteiger partial charge on any atom is 0.291 e. The molecule has 0 aliphatic rings. The molecule has 25 heavy (non-hydrogen) atoms. The highest BCUT2D eigenvalue weighted by Gasteiger charge is 2.07. The quantitative estimate of drug-likeness (QED) is 0.537. The molecule has 0 spiro atoms. The molecule has 0 saturated carbocycles. The van der Waals surface area contributed by atoms with Crippen LogP contribution in [0.3, 0.4) is 0 Å². The van der Waals surface area contributed by atoms with Crippen LogP contribution in [0.1, 0.15) is 27.3 Å². The van der Waals surface area contributed by atoms with Crippen molar-refractivity contribution in [2.75, 3.05) is 0 Å². The van der Waals surface area contributed by atoms with Crippen LogP contribution in [0.2, 0.25) is 0 Å². The Morgan fingerprint density at radius 1 is 1.20 bits per heavy atom. The summed E-state index contributed by atoms with van der Waals surface area (Å²) in [4.78, 5) is 11.8. The number of amides is 1. The number of H-pyrrole nitrogens is 1. The number of hydrogen-bond acceptors (Lipinski definition) is 4. The number of rotatable bonds is 6. The summed E-state index contributed by atoms with van der Waals surface area (Å²) in [5.41, 5.74) is 5.53. The Morgan fingerprint density at radius 3 is 2.64 bits per heavy atom.